The van der Waals surface area contributed by atoms with Gasteiger partial charge in [-0.15, -0.1) is 0 Å². The van der Waals surface area contributed by atoms with E-state index >= 15 is 0 Å². The zero-order chi connectivity index (χ0) is 9.84. The van der Waals surface area contributed by atoms with Crippen LogP contribution in [0.25, 0.3) is 0 Å². The molecule has 0 saturated carbocycles. The third kappa shape index (κ3) is 2.51. The van der Waals surface area contributed by atoms with Crippen molar-refractivity contribution in [3.8, 4) is 0 Å². The van der Waals surface area contributed by atoms with Crippen molar-refractivity contribution in [1.82, 2.24) is 0 Å². The molecule has 0 fully saturated rings. The first-order valence-corrected chi connectivity index (χ1v) is 5.12. The van der Waals surface area contributed by atoms with Crippen LogP contribution in [0, 0.1) is 0 Å². The van der Waals surface area contributed by atoms with E-state index in [9.17, 15) is 4.79 Å². The smallest absolute Gasteiger partial charge is 0.147 e. The van der Waals surface area contributed by atoms with Gasteiger partial charge in [-0.25, -0.2) is 0 Å². The molecule has 1 unspecified atom stereocenters. The Balaban J connectivity index is 2.80. The lowest BCUT2D eigenvalue weighted by Gasteiger charge is -2.22. The van der Waals surface area contributed by atoms with Crippen molar-refractivity contribution in [2.24, 2.45) is 0 Å². The third-order valence-corrected chi connectivity index (χ3v) is 2.82. The van der Waals surface area contributed by atoms with E-state index in [1.807, 2.05) is 19.9 Å². The number of ether oxygens (including phenoxy) is 1. The highest BCUT2D eigenvalue weighted by atomic mass is 79.9. The predicted molar refractivity (Wildman–Crippen MR) is 55.8 cm³/mol. The Hall–Kier alpha value is -0.410. The van der Waals surface area contributed by atoms with E-state index in [1.165, 1.54) is 5.57 Å². The highest BCUT2D eigenvalue weighted by molar-refractivity contribution is 9.11. The minimum absolute atomic E-state index is 0.0755. The molecule has 13 heavy (non-hydrogen) atoms. The molecule has 1 aliphatic rings. The molecule has 0 bridgehead atoms. The Morgan fingerprint density at radius 2 is 2.46 bits per heavy atom. The Morgan fingerprint density at radius 1 is 1.77 bits per heavy atom. The predicted octanol–water partition coefficient (Wildman–Crippen LogP) is 2.59. The van der Waals surface area contributed by atoms with Crippen molar-refractivity contribution < 1.29 is 9.53 Å². The van der Waals surface area contributed by atoms with Gasteiger partial charge in [0.15, 0.2) is 0 Å². The highest BCUT2D eigenvalue weighted by Gasteiger charge is 2.19. The summed E-state index contributed by atoms with van der Waals surface area (Å²) in [5.41, 5.74) is 1.95. The van der Waals surface area contributed by atoms with Crippen LogP contribution >= 0.6 is 15.9 Å². The monoisotopic (exact) mass is 244 g/mol. The number of carbonyl (C=O) groups excluding carboxylic acids is 1. The van der Waals surface area contributed by atoms with Gasteiger partial charge in [-0.3, -0.25) is 4.79 Å². The topological polar surface area (TPSA) is 26.3 Å². The third-order valence-electron chi connectivity index (χ3n) is 2.08. The van der Waals surface area contributed by atoms with Gasteiger partial charge in [0.2, 0.25) is 0 Å². The average molecular weight is 245 g/mol. The molecule has 0 N–H and O–H groups in total. The Labute approximate surface area is 86.8 Å². The van der Waals surface area contributed by atoms with Gasteiger partial charge in [0.1, 0.15) is 6.29 Å². The van der Waals surface area contributed by atoms with Gasteiger partial charge in [0.25, 0.3) is 0 Å². The molecule has 3 heteroatoms. The Kier molecular flexibility index (Phi) is 3.88. The lowest BCUT2D eigenvalue weighted by molar-refractivity contribution is -0.105. The second-order valence-corrected chi connectivity index (χ2v) is 3.88. The maximum atomic E-state index is 10.7. The van der Waals surface area contributed by atoms with Gasteiger partial charge in [0, 0.05) is 23.1 Å². The number of halogens is 1. The van der Waals surface area contributed by atoms with Gasteiger partial charge in [-0.05, 0) is 25.5 Å². The van der Waals surface area contributed by atoms with Gasteiger partial charge in [0.05, 0.1) is 6.10 Å². The van der Waals surface area contributed by atoms with Gasteiger partial charge >= 0.3 is 0 Å². The molecule has 0 heterocycles. The summed E-state index contributed by atoms with van der Waals surface area (Å²) in [6, 6.07) is 0. The zero-order valence-electron chi connectivity index (χ0n) is 7.84. The average Bonchev–Trinajstić information content (AvgIpc) is 2.10. The molecule has 72 valence electrons. The van der Waals surface area contributed by atoms with E-state index < -0.39 is 0 Å². The van der Waals surface area contributed by atoms with Crippen LogP contribution in [0.5, 0.6) is 0 Å². The first-order chi connectivity index (χ1) is 6.19. The van der Waals surface area contributed by atoms with Crippen LogP contribution in [0.1, 0.15) is 20.3 Å². The molecular formula is C10H13BrO2. The molecule has 1 aliphatic carbocycles. The van der Waals surface area contributed by atoms with Crippen LogP contribution in [0.4, 0.5) is 0 Å². The molecule has 0 amide bonds. The van der Waals surface area contributed by atoms with Crippen molar-refractivity contribution in [1.29, 1.82) is 0 Å². The fourth-order valence-electron chi connectivity index (χ4n) is 1.34. The molecule has 0 aromatic heterocycles. The van der Waals surface area contributed by atoms with Crippen molar-refractivity contribution in [2.75, 3.05) is 6.61 Å². The fourth-order valence-corrected chi connectivity index (χ4v) is 1.96. The Bertz CT molecular complexity index is 266. The van der Waals surface area contributed by atoms with E-state index in [2.05, 4.69) is 15.9 Å². The highest BCUT2D eigenvalue weighted by Crippen LogP contribution is 2.28. The molecule has 0 radical (unpaired) electrons. The summed E-state index contributed by atoms with van der Waals surface area (Å²) >= 11 is 3.35. The standard InChI is InChI=1S/C10H13BrO2/c1-3-13-10-5-8(6-12)9(11)4-7(10)2/h4,6,10H,3,5H2,1-2H3. The van der Waals surface area contributed by atoms with Crippen LogP contribution in [0.3, 0.4) is 0 Å². The van der Waals surface area contributed by atoms with Crippen LogP contribution in [0.2, 0.25) is 0 Å². The van der Waals surface area contributed by atoms with E-state index in [-0.39, 0.29) is 6.10 Å². The number of hydrogen-bond donors (Lipinski definition) is 0. The van der Waals surface area contributed by atoms with Crippen molar-refractivity contribution in [3.05, 3.63) is 21.7 Å². The summed E-state index contributed by atoms with van der Waals surface area (Å²) in [5, 5.41) is 0. The molecule has 0 spiro atoms. The zero-order valence-corrected chi connectivity index (χ0v) is 9.43. The molecule has 0 aromatic carbocycles. The van der Waals surface area contributed by atoms with Gasteiger partial charge in [-0.2, -0.15) is 0 Å². The first kappa shape index (κ1) is 10.7. The van der Waals surface area contributed by atoms with Crippen LogP contribution in [-0.4, -0.2) is 19.0 Å². The van der Waals surface area contributed by atoms with Crippen molar-refractivity contribution in [3.63, 3.8) is 0 Å². The molecular weight excluding hydrogens is 232 g/mol. The molecule has 0 aliphatic heterocycles. The number of hydrogen-bond acceptors (Lipinski definition) is 2. The molecule has 2 nitrogen and oxygen atoms in total. The minimum Gasteiger partial charge on any atom is -0.374 e. The van der Waals surface area contributed by atoms with E-state index in [4.69, 9.17) is 4.74 Å². The minimum atomic E-state index is 0.0755. The van der Waals surface area contributed by atoms with Crippen molar-refractivity contribution >= 4 is 22.2 Å². The summed E-state index contributed by atoms with van der Waals surface area (Å²) in [6.45, 7) is 4.66. The summed E-state index contributed by atoms with van der Waals surface area (Å²) in [7, 11) is 0. The second-order valence-electron chi connectivity index (χ2n) is 3.03. The Morgan fingerprint density at radius 3 is 3.00 bits per heavy atom. The normalized spacial score (nSPS) is 23.0. The van der Waals surface area contributed by atoms with Crippen LogP contribution in [0.15, 0.2) is 21.7 Å². The van der Waals surface area contributed by atoms with Gasteiger partial charge in [-0.1, -0.05) is 15.9 Å². The first-order valence-electron chi connectivity index (χ1n) is 4.32. The lowest BCUT2D eigenvalue weighted by Crippen LogP contribution is -2.19. The van der Waals surface area contributed by atoms with E-state index in [0.29, 0.717) is 13.0 Å². The van der Waals surface area contributed by atoms with Gasteiger partial charge < -0.3 is 4.74 Å². The maximum Gasteiger partial charge on any atom is 0.147 e. The number of aldehydes is 1. The summed E-state index contributed by atoms with van der Waals surface area (Å²) < 4.78 is 6.38. The molecule has 0 aromatic rings. The molecule has 0 saturated heterocycles. The molecule has 1 atom stereocenters. The van der Waals surface area contributed by atoms with E-state index in [0.717, 1.165) is 16.3 Å². The lowest BCUT2D eigenvalue weighted by atomic mass is 9.97. The SMILES string of the molecule is CCOC1CC(C=O)=C(Br)C=C1C. The van der Waals surface area contributed by atoms with Crippen LogP contribution in [-0.2, 0) is 9.53 Å². The summed E-state index contributed by atoms with van der Waals surface area (Å²) in [5.74, 6) is 0. The molecule has 1 rings (SSSR count). The fraction of sp³-hybridized carbons (Fsp3) is 0.500. The second kappa shape index (κ2) is 4.72. The van der Waals surface area contributed by atoms with E-state index in [1.54, 1.807) is 0 Å². The summed E-state index contributed by atoms with van der Waals surface area (Å²) in [4.78, 5) is 10.7. The number of allylic oxidation sites excluding steroid dienone is 2. The quantitative estimate of drug-likeness (QED) is 0.714. The number of carbonyl (C=O) groups is 1. The number of rotatable bonds is 3. The largest absolute Gasteiger partial charge is 0.374 e. The maximum absolute atomic E-state index is 10.7. The van der Waals surface area contributed by atoms with Crippen molar-refractivity contribution in [2.45, 2.75) is 26.4 Å². The summed E-state index contributed by atoms with van der Waals surface area (Å²) in [6.07, 6.45) is 3.60. The van der Waals surface area contributed by atoms with Crippen LogP contribution < -0.4 is 0 Å².